The molecule has 5 aromatic rings. The highest BCUT2D eigenvalue weighted by atomic mass is 32.1. The van der Waals surface area contributed by atoms with Gasteiger partial charge >= 0.3 is 0 Å². The van der Waals surface area contributed by atoms with Crippen LogP contribution in [0.1, 0.15) is 32.1 Å². The Kier molecular flexibility index (Phi) is 5.00. The molecule has 2 N–H and O–H groups in total. The smallest absolute Gasteiger partial charge is 0.138 e. The summed E-state index contributed by atoms with van der Waals surface area (Å²) < 4.78 is 6.19. The van der Waals surface area contributed by atoms with Gasteiger partial charge in [0, 0.05) is 22.7 Å². The molecule has 1 aromatic carbocycles. The third-order valence-electron chi connectivity index (χ3n) is 6.23. The zero-order valence-electron chi connectivity index (χ0n) is 17.7. The van der Waals surface area contributed by atoms with Gasteiger partial charge in [-0.25, -0.2) is 0 Å². The SMILES string of the molecule is c1cc(-c2ccsc2)c2cc(-c3cc(-c4cncc(OC5CCCCC5)c4)n[nH]3)[nH]c2c1. The molecule has 160 valence electrons. The van der Waals surface area contributed by atoms with Crippen molar-refractivity contribution in [3.05, 3.63) is 65.6 Å². The molecule has 0 atom stereocenters. The molecule has 1 aliphatic rings. The summed E-state index contributed by atoms with van der Waals surface area (Å²) in [4.78, 5) is 7.93. The maximum Gasteiger partial charge on any atom is 0.138 e. The monoisotopic (exact) mass is 440 g/mol. The number of nitrogens with one attached hydrogen (secondary N) is 2. The van der Waals surface area contributed by atoms with Gasteiger partial charge in [-0.05, 0) is 77.9 Å². The average Bonchev–Trinajstić information content (AvgIpc) is 3.60. The number of hydrogen-bond donors (Lipinski definition) is 2. The predicted molar refractivity (Wildman–Crippen MR) is 130 cm³/mol. The van der Waals surface area contributed by atoms with E-state index in [1.165, 1.54) is 35.8 Å². The number of hydrogen-bond acceptors (Lipinski definition) is 4. The summed E-state index contributed by atoms with van der Waals surface area (Å²) in [7, 11) is 0. The van der Waals surface area contributed by atoms with Gasteiger partial charge in [-0.2, -0.15) is 16.4 Å². The number of H-pyrrole nitrogens is 2. The molecular formula is C26H24N4OS. The number of thiophene rings is 1. The van der Waals surface area contributed by atoms with Gasteiger partial charge in [-0.3, -0.25) is 10.1 Å². The number of aromatic nitrogens is 4. The molecule has 1 aliphatic carbocycles. The maximum atomic E-state index is 6.19. The fourth-order valence-corrected chi connectivity index (χ4v) is 5.23. The van der Waals surface area contributed by atoms with Crippen molar-refractivity contribution >= 4 is 22.2 Å². The van der Waals surface area contributed by atoms with Crippen LogP contribution in [0.3, 0.4) is 0 Å². The van der Waals surface area contributed by atoms with Crippen LogP contribution >= 0.6 is 11.3 Å². The van der Waals surface area contributed by atoms with Crippen LogP contribution in [0, 0.1) is 0 Å². The van der Waals surface area contributed by atoms with Gasteiger partial charge in [0.15, 0.2) is 0 Å². The minimum Gasteiger partial charge on any atom is -0.489 e. The zero-order valence-corrected chi connectivity index (χ0v) is 18.5. The van der Waals surface area contributed by atoms with Crippen LogP contribution in [-0.4, -0.2) is 26.3 Å². The van der Waals surface area contributed by atoms with E-state index in [2.05, 4.69) is 67.3 Å². The third-order valence-corrected chi connectivity index (χ3v) is 6.91. The standard InChI is InChI=1S/C26H24N4OS/c1-2-5-19(6-3-1)31-20-11-18(14-27-15-20)24-13-26(30-29-24)25-12-22-21(17-9-10-32-16-17)7-4-8-23(22)28-25/h4,7-16,19,28H,1-3,5-6H2,(H,29,30). The Hall–Kier alpha value is -3.38. The van der Waals surface area contributed by atoms with Crippen LogP contribution in [0.2, 0.25) is 0 Å². The molecule has 1 fully saturated rings. The zero-order chi connectivity index (χ0) is 21.3. The van der Waals surface area contributed by atoms with E-state index in [4.69, 9.17) is 4.74 Å². The van der Waals surface area contributed by atoms with E-state index in [9.17, 15) is 0 Å². The topological polar surface area (TPSA) is 66.6 Å². The maximum absolute atomic E-state index is 6.19. The van der Waals surface area contributed by atoms with Crippen LogP contribution in [0.5, 0.6) is 5.75 Å². The van der Waals surface area contributed by atoms with E-state index in [-0.39, 0.29) is 0 Å². The summed E-state index contributed by atoms with van der Waals surface area (Å²) in [5.74, 6) is 0.824. The van der Waals surface area contributed by atoms with Crippen LogP contribution in [0.15, 0.2) is 65.6 Å². The van der Waals surface area contributed by atoms with E-state index in [0.717, 1.165) is 46.8 Å². The molecule has 0 radical (unpaired) electrons. The second kappa shape index (κ2) is 8.28. The van der Waals surface area contributed by atoms with Crippen molar-refractivity contribution in [1.82, 2.24) is 20.2 Å². The minimum absolute atomic E-state index is 0.305. The fraction of sp³-hybridized carbons (Fsp3) is 0.231. The Labute approximate surface area is 190 Å². The normalized spacial score (nSPS) is 14.8. The van der Waals surface area contributed by atoms with Gasteiger partial charge in [-0.15, -0.1) is 0 Å². The summed E-state index contributed by atoms with van der Waals surface area (Å²) in [5.41, 5.74) is 7.38. The molecule has 0 spiro atoms. The second-order valence-corrected chi connectivity index (χ2v) is 9.20. The number of aromatic amines is 2. The molecule has 4 aromatic heterocycles. The van der Waals surface area contributed by atoms with E-state index in [1.54, 1.807) is 17.5 Å². The lowest BCUT2D eigenvalue weighted by Crippen LogP contribution is -2.19. The van der Waals surface area contributed by atoms with Crippen molar-refractivity contribution in [2.75, 3.05) is 0 Å². The van der Waals surface area contributed by atoms with Gasteiger partial charge in [0.25, 0.3) is 0 Å². The summed E-state index contributed by atoms with van der Waals surface area (Å²) >= 11 is 1.72. The molecule has 6 rings (SSSR count). The highest BCUT2D eigenvalue weighted by Gasteiger charge is 2.16. The molecule has 4 heterocycles. The Morgan fingerprint density at radius 1 is 0.938 bits per heavy atom. The van der Waals surface area contributed by atoms with E-state index < -0.39 is 0 Å². The number of rotatable bonds is 5. The highest BCUT2D eigenvalue weighted by Crippen LogP contribution is 2.34. The summed E-state index contributed by atoms with van der Waals surface area (Å²) in [5, 5.41) is 13.3. The van der Waals surface area contributed by atoms with Gasteiger partial charge in [0.2, 0.25) is 0 Å². The Bertz CT molecular complexity index is 1350. The Balaban J connectivity index is 1.29. The van der Waals surface area contributed by atoms with Crippen molar-refractivity contribution in [2.45, 2.75) is 38.2 Å². The lowest BCUT2D eigenvalue weighted by molar-refractivity contribution is 0.154. The van der Waals surface area contributed by atoms with Gasteiger partial charge in [0.1, 0.15) is 5.75 Å². The highest BCUT2D eigenvalue weighted by molar-refractivity contribution is 7.08. The first-order chi connectivity index (χ1) is 15.8. The van der Waals surface area contributed by atoms with E-state index >= 15 is 0 Å². The number of pyridine rings is 1. The molecule has 32 heavy (non-hydrogen) atoms. The predicted octanol–water partition coefficient (Wildman–Crippen LogP) is 7.06. The first kappa shape index (κ1) is 19.3. The molecule has 1 saturated carbocycles. The Morgan fingerprint density at radius 2 is 1.88 bits per heavy atom. The van der Waals surface area contributed by atoms with Crippen LogP contribution in [0.4, 0.5) is 0 Å². The molecule has 5 nitrogen and oxygen atoms in total. The number of benzene rings is 1. The number of nitrogens with zero attached hydrogens (tertiary/aromatic N) is 2. The van der Waals surface area contributed by atoms with Crippen molar-refractivity contribution in [2.24, 2.45) is 0 Å². The molecule has 0 unspecified atom stereocenters. The molecular weight excluding hydrogens is 416 g/mol. The van der Waals surface area contributed by atoms with Gasteiger partial charge in [0.05, 0.1) is 29.4 Å². The fourth-order valence-electron chi connectivity index (χ4n) is 4.58. The van der Waals surface area contributed by atoms with Crippen LogP contribution in [-0.2, 0) is 0 Å². The quantitative estimate of drug-likeness (QED) is 0.307. The molecule has 0 bridgehead atoms. The minimum atomic E-state index is 0.305. The van der Waals surface area contributed by atoms with Crippen molar-refractivity contribution in [1.29, 1.82) is 0 Å². The Morgan fingerprint density at radius 3 is 2.75 bits per heavy atom. The number of fused-ring (bicyclic) bond motifs is 1. The lowest BCUT2D eigenvalue weighted by Gasteiger charge is -2.22. The molecule has 6 heteroatoms. The van der Waals surface area contributed by atoms with E-state index in [1.807, 2.05) is 12.3 Å². The summed E-state index contributed by atoms with van der Waals surface area (Å²) in [6.45, 7) is 0. The van der Waals surface area contributed by atoms with Crippen molar-refractivity contribution in [3.8, 4) is 39.5 Å². The second-order valence-electron chi connectivity index (χ2n) is 8.42. The first-order valence-corrected chi connectivity index (χ1v) is 12.1. The summed E-state index contributed by atoms with van der Waals surface area (Å²) in [6, 6.07) is 14.8. The lowest BCUT2D eigenvalue weighted by atomic mass is 9.98. The average molecular weight is 441 g/mol. The van der Waals surface area contributed by atoms with Gasteiger partial charge in [-0.1, -0.05) is 18.6 Å². The van der Waals surface area contributed by atoms with Crippen molar-refractivity contribution < 1.29 is 4.74 Å². The molecule has 0 amide bonds. The largest absolute Gasteiger partial charge is 0.489 e. The first-order valence-electron chi connectivity index (χ1n) is 11.2. The number of ether oxygens (including phenoxy) is 1. The van der Waals surface area contributed by atoms with Crippen LogP contribution in [0.25, 0.3) is 44.7 Å². The van der Waals surface area contributed by atoms with Crippen LogP contribution < -0.4 is 4.74 Å². The van der Waals surface area contributed by atoms with E-state index in [0.29, 0.717) is 6.10 Å². The summed E-state index contributed by atoms with van der Waals surface area (Å²) in [6.07, 6.45) is 10.0. The molecule has 0 saturated heterocycles. The third kappa shape index (κ3) is 3.71. The van der Waals surface area contributed by atoms with Gasteiger partial charge < -0.3 is 9.72 Å². The molecule has 0 aliphatic heterocycles. The van der Waals surface area contributed by atoms with Crippen molar-refractivity contribution in [3.63, 3.8) is 0 Å².